The summed E-state index contributed by atoms with van der Waals surface area (Å²) in [5.41, 5.74) is 5.45. The number of benzene rings is 3. The van der Waals surface area contributed by atoms with Gasteiger partial charge >= 0.3 is 0 Å². The van der Waals surface area contributed by atoms with Crippen molar-refractivity contribution < 1.29 is 22.7 Å². The molecule has 0 bridgehead atoms. The maximum Gasteiger partial charge on any atom is 0.260 e. The molecule has 0 saturated carbocycles. The Bertz CT molecular complexity index is 1330. The van der Waals surface area contributed by atoms with E-state index in [4.69, 9.17) is 4.74 Å². The van der Waals surface area contributed by atoms with Crippen LogP contribution in [0.4, 0.5) is 5.69 Å². The van der Waals surface area contributed by atoms with E-state index in [0.717, 1.165) is 28.1 Å². The number of carbonyl (C=O) groups excluding carboxylic acids is 2. The van der Waals surface area contributed by atoms with Crippen LogP contribution >= 0.6 is 0 Å². The first-order chi connectivity index (χ1) is 17.7. The zero-order valence-electron chi connectivity index (χ0n) is 20.8. The molecule has 0 radical (unpaired) electrons. The smallest absolute Gasteiger partial charge is 0.260 e. The minimum Gasteiger partial charge on any atom is -0.484 e. The second-order valence-electron chi connectivity index (χ2n) is 8.35. The molecule has 37 heavy (non-hydrogen) atoms. The van der Waals surface area contributed by atoms with E-state index in [1.54, 1.807) is 42.5 Å². The van der Waals surface area contributed by atoms with E-state index in [2.05, 4.69) is 15.8 Å². The van der Waals surface area contributed by atoms with Gasteiger partial charge < -0.3 is 10.1 Å². The fraction of sp³-hybridized carbons (Fsp3) is 0.222. The summed E-state index contributed by atoms with van der Waals surface area (Å²) in [6, 6.07) is 23.6. The SMILES string of the molecule is Cc1cccc(N(CC(=O)N/N=C\c2ccc(OCC(=O)NCCc3ccccc3)cc2)S(C)(=O)=O)c1. The van der Waals surface area contributed by atoms with Gasteiger partial charge in [-0.2, -0.15) is 5.10 Å². The van der Waals surface area contributed by atoms with E-state index in [9.17, 15) is 18.0 Å². The van der Waals surface area contributed by atoms with Crippen molar-refractivity contribution in [3.05, 3.63) is 95.6 Å². The molecule has 0 saturated heterocycles. The lowest BCUT2D eigenvalue weighted by molar-refractivity contribution is -0.123. The molecular formula is C27H30N4O5S. The lowest BCUT2D eigenvalue weighted by atomic mass is 10.1. The molecule has 2 amide bonds. The lowest BCUT2D eigenvalue weighted by Crippen LogP contribution is -2.39. The van der Waals surface area contributed by atoms with Gasteiger partial charge in [-0.25, -0.2) is 13.8 Å². The highest BCUT2D eigenvalue weighted by atomic mass is 32.2. The van der Waals surface area contributed by atoms with Gasteiger partial charge in [-0.3, -0.25) is 13.9 Å². The van der Waals surface area contributed by atoms with Crippen molar-refractivity contribution in [2.75, 3.05) is 30.3 Å². The number of amides is 2. The quantitative estimate of drug-likeness (QED) is 0.280. The van der Waals surface area contributed by atoms with E-state index in [1.165, 1.54) is 6.21 Å². The van der Waals surface area contributed by atoms with Crippen molar-refractivity contribution in [3.63, 3.8) is 0 Å². The van der Waals surface area contributed by atoms with Crippen LogP contribution in [0.1, 0.15) is 16.7 Å². The molecule has 0 spiro atoms. The summed E-state index contributed by atoms with van der Waals surface area (Å²) in [6.07, 6.45) is 3.22. The molecule has 0 atom stereocenters. The van der Waals surface area contributed by atoms with Crippen molar-refractivity contribution >= 4 is 33.7 Å². The Morgan fingerprint density at radius 1 is 0.973 bits per heavy atom. The summed E-state index contributed by atoms with van der Waals surface area (Å²) in [6.45, 7) is 1.86. The summed E-state index contributed by atoms with van der Waals surface area (Å²) < 4.78 is 30.9. The number of anilines is 1. The zero-order chi connectivity index (χ0) is 26.7. The molecule has 9 nitrogen and oxygen atoms in total. The van der Waals surface area contributed by atoms with Gasteiger partial charge in [0.1, 0.15) is 12.3 Å². The number of hydrazone groups is 1. The molecule has 3 rings (SSSR count). The fourth-order valence-electron chi connectivity index (χ4n) is 3.37. The van der Waals surface area contributed by atoms with Crippen molar-refractivity contribution in [1.29, 1.82) is 0 Å². The molecule has 0 unspecified atom stereocenters. The topological polar surface area (TPSA) is 117 Å². The average molecular weight is 523 g/mol. The number of hydrogen-bond acceptors (Lipinski definition) is 6. The molecule has 0 fully saturated rings. The first-order valence-corrected chi connectivity index (χ1v) is 13.5. The predicted octanol–water partition coefficient (Wildman–Crippen LogP) is 2.65. The third-order valence-corrected chi connectivity index (χ3v) is 6.35. The molecule has 2 N–H and O–H groups in total. The van der Waals surface area contributed by atoms with Crippen LogP contribution in [0.5, 0.6) is 5.75 Å². The first kappa shape index (κ1) is 27.4. The van der Waals surface area contributed by atoms with Crippen LogP contribution in [0.25, 0.3) is 0 Å². The van der Waals surface area contributed by atoms with Gasteiger partial charge in [0, 0.05) is 6.54 Å². The van der Waals surface area contributed by atoms with Gasteiger partial charge in [-0.05, 0) is 66.4 Å². The third-order valence-electron chi connectivity index (χ3n) is 5.21. The van der Waals surface area contributed by atoms with Crippen LogP contribution in [-0.4, -0.2) is 52.4 Å². The molecule has 3 aromatic rings. The Morgan fingerprint density at radius 3 is 2.38 bits per heavy atom. The maximum absolute atomic E-state index is 12.3. The molecule has 10 heteroatoms. The summed E-state index contributed by atoms with van der Waals surface area (Å²) in [5, 5.41) is 6.72. The zero-order valence-corrected chi connectivity index (χ0v) is 21.6. The number of hydrogen-bond donors (Lipinski definition) is 2. The predicted molar refractivity (Wildman–Crippen MR) is 144 cm³/mol. The molecule has 0 aliphatic rings. The third kappa shape index (κ3) is 9.42. The highest BCUT2D eigenvalue weighted by Gasteiger charge is 2.20. The largest absolute Gasteiger partial charge is 0.484 e. The number of nitrogens with zero attached hydrogens (tertiary/aromatic N) is 2. The van der Waals surface area contributed by atoms with Crippen molar-refractivity contribution in [3.8, 4) is 5.75 Å². The molecule has 0 aliphatic carbocycles. The van der Waals surface area contributed by atoms with Gasteiger partial charge in [0.25, 0.3) is 11.8 Å². The minimum absolute atomic E-state index is 0.101. The van der Waals surface area contributed by atoms with E-state index in [-0.39, 0.29) is 12.5 Å². The normalized spacial score (nSPS) is 11.2. The number of carbonyl (C=O) groups is 2. The van der Waals surface area contributed by atoms with Crippen molar-refractivity contribution in [2.24, 2.45) is 5.10 Å². The fourth-order valence-corrected chi connectivity index (χ4v) is 4.22. The first-order valence-electron chi connectivity index (χ1n) is 11.6. The van der Waals surface area contributed by atoms with Crippen LogP contribution in [0.2, 0.25) is 0 Å². The van der Waals surface area contributed by atoms with Gasteiger partial charge in [0.15, 0.2) is 6.61 Å². The summed E-state index contributed by atoms with van der Waals surface area (Å²) in [7, 11) is -3.66. The molecule has 0 aliphatic heterocycles. The van der Waals surface area contributed by atoms with E-state index < -0.39 is 22.5 Å². The van der Waals surface area contributed by atoms with Crippen molar-refractivity contribution in [1.82, 2.24) is 10.7 Å². The minimum atomic E-state index is -3.66. The Kier molecular flexibility index (Phi) is 9.79. The Balaban J connectivity index is 1.43. The number of ether oxygens (including phenoxy) is 1. The number of rotatable bonds is 12. The van der Waals surface area contributed by atoms with Gasteiger partial charge in [0.05, 0.1) is 18.2 Å². The van der Waals surface area contributed by atoms with Crippen LogP contribution in [0.3, 0.4) is 0 Å². The van der Waals surface area contributed by atoms with Crippen molar-refractivity contribution in [2.45, 2.75) is 13.3 Å². The second kappa shape index (κ2) is 13.2. The Labute approximate surface area is 217 Å². The Hall–Kier alpha value is -4.18. The molecular weight excluding hydrogens is 492 g/mol. The molecule has 194 valence electrons. The lowest BCUT2D eigenvalue weighted by Gasteiger charge is -2.21. The summed E-state index contributed by atoms with van der Waals surface area (Å²) in [5.74, 6) is -0.277. The molecule has 0 aromatic heterocycles. The van der Waals surface area contributed by atoms with E-state index in [0.29, 0.717) is 23.5 Å². The number of sulfonamides is 1. The van der Waals surface area contributed by atoms with Gasteiger partial charge in [0.2, 0.25) is 10.0 Å². The van der Waals surface area contributed by atoms with Gasteiger partial charge in [-0.15, -0.1) is 0 Å². The van der Waals surface area contributed by atoms with E-state index >= 15 is 0 Å². The number of nitrogens with one attached hydrogen (secondary N) is 2. The molecule has 3 aromatic carbocycles. The average Bonchev–Trinajstić information content (AvgIpc) is 2.87. The van der Waals surface area contributed by atoms with Crippen LogP contribution in [0, 0.1) is 6.92 Å². The maximum atomic E-state index is 12.3. The number of aryl methyl sites for hydroxylation is 1. The van der Waals surface area contributed by atoms with Gasteiger partial charge in [-0.1, -0.05) is 42.5 Å². The standard InChI is InChI=1S/C27H30N4O5S/c1-21-7-6-10-24(17-21)31(37(2,34)35)19-26(32)30-29-18-23-11-13-25(14-12-23)36-20-27(33)28-16-15-22-8-4-3-5-9-22/h3-14,17-18H,15-16,19-20H2,1-2H3,(H,28,33)(H,30,32)/b29-18-. The highest BCUT2D eigenvalue weighted by molar-refractivity contribution is 7.92. The molecule has 0 heterocycles. The van der Waals surface area contributed by atoms with Crippen LogP contribution < -0.4 is 19.8 Å². The van der Waals surface area contributed by atoms with Crippen LogP contribution in [0.15, 0.2) is 84.0 Å². The van der Waals surface area contributed by atoms with Crippen LogP contribution in [-0.2, 0) is 26.0 Å². The summed E-state index contributed by atoms with van der Waals surface area (Å²) in [4.78, 5) is 24.3. The highest BCUT2D eigenvalue weighted by Crippen LogP contribution is 2.18. The monoisotopic (exact) mass is 522 g/mol. The Morgan fingerprint density at radius 2 is 1.70 bits per heavy atom. The summed E-state index contributed by atoms with van der Waals surface area (Å²) >= 11 is 0. The van der Waals surface area contributed by atoms with E-state index in [1.807, 2.05) is 43.3 Å². The second-order valence-corrected chi connectivity index (χ2v) is 10.3.